The minimum Gasteiger partial charge on any atom is -0.346 e. The Kier molecular flexibility index (Phi) is 5.76. The van der Waals surface area contributed by atoms with E-state index in [9.17, 15) is 4.79 Å². The molecule has 1 amide bonds. The average molecular weight is 351 g/mol. The van der Waals surface area contributed by atoms with E-state index in [1.807, 2.05) is 11.8 Å². The molecule has 0 N–H and O–H groups in total. The zero-order chi connectivity index (χ0) is 17.1. The third-order valence-electron chi connectivity index (χ3n) is 5.04. The van der Waals surface area contributed by atoms with Crippen molar-refractivity contribution in [1.29, 1.82) is 0 Å². The van der Waals surface area contributed by atoms with Crippen LogP contribution in [0.15, 0.2) is 0 Å². The molecule has 0 spiro atoms. The highest BCUT2D eigenvalue weighted by Gasteiger charge is 2.26. The topological polar surface area (TPSA) is 39.7 Å². The molecule has 1 saturated heterocycles. The van der Waals surface area contributed by atoms with Crippen LogP contribution in [0.1, 0.15) is 44.2 Å². The van der Waals surface area contributed by atoms with Gasteiger partial charge in [-0.25, -0.2) is 4.98 Å². The second kappa shape index (κ2) is 7.83. The minimum atomic E-state index is 0.259. The van der Waals surface area contributed by atoms with E-state index in [1.165, 1.54) is 23.5 Å². The van der Waals surface area contributed by atoms with Gasteiger partial charge in [0, 0.05) is 50.4 Å². The molecule has 2 aliphatic rings. The Hall–Kier alpha value is -1.14. The molecule has 0 aromatic carbocycles. The molecule has 0 bridgehead atoms. The molecule has 0 unspecified atom stereocenters. The third kappa shape index (κ3) is 4.09. The number of fused-ring (bicyclic) bond motifs is 1. The Balaban J connectivity index is 1.56. The lowest BCUT2D eigenvalue weighted by molar-refractivity contribution is -0.131. The van der Waals surface area contributed by atoms with Gasteiger partial charge in [-0.2, -0.15) is 0 Å². The lowest BCUT2D eigenvalue weighted by Gasteiger charge is -2.34. The van der Waals surface area contributed by atoms with E-state index in [0.717, 1.165) is 56.7 Å². The standard InChI is InChI=1S/C18H30N4OS/c1-4-17(23)22-8-6-15-16(13-22)24-18(19-15)21-11-9-20(10-12-21)7-5-14(2)3/h14H,4-13H2,1-3H3. The maximum absolute atomic E-state index is 11.9. The highest BCUT2D eigenvalue weighted by atomic mass is 32.1. The molecule has 1 aromatic heterocycles. The summed E-state index contributed by atoms with van der Waals surface area (Å²) in [5.41, 5.74) is 1.22. The second-order valence-electron chi connectivity index (χ2n) is 7.30. The molecular weight excluding hydrogens is 320 g/mol. The number of hydrogen-bond donors (Lipinski definition) is 0. The van der Waals surface area contributed by atoms with Crippen LogP contribution in [0.4, 0.5) is 5.13 Å². The molecule has 24 heavy (non-hydrogen) atoms. The molecule has 0 aliphatic carbocycles. The second-order valence-corrected chi connectivity index (χ2v) is 8.36. The van der Waals surface area contributed by atoms with Crippen molar-refractivity contribution in [3.8, 4) is 0 Å². The van der Waals surface area contributed by atoms with Crippen molar-refractivity contribution < 1.29 is 4.79 Å². The first kappa shape index (κ1) is 17.7. The van der Waals surface area contributed by atoms with E-state index in [0.29, 0.717) is 6.42 Å². The summed E-state index contributed by atoms with van der Waals surface area (Å²) < 4.78 is 0. The fourth-order valence-corrected chi connectivity index (χ4v) is 4.53. The Morgan fingerprint density at radius 3 is 2.62 bits per heavy atom. The van der Waals surface area contributed by atoms with Gasteiger partial charge in [-0.1, -0.05) is 32.1 Å². The molecule has 0 radical (unpaired) electrons. The molecule has 3 rings (SSSR count). The monoisotopic (exact) mass is 350 g/mol. The summed E-state index contributed by atoms with van der Waals surface area (Å²) in [7, 11) is 0. The van der Waals surface area contributed by atoms with Crippen molar-refractivity contribution in [2.45, 2.75) is 46.6 Å². The molecular formula is C18H30N4OS. The predicted octanol–water partition coefficient (Wildman–Crippen LogP) is 2.61. The van der Waals surface area contributed by atoms with Crippen LogP contribution in [0.3, 0.4) is 0 Å². The molecule has 6 heteroatoms. The van der Waals surface area contributed by atoms with Gasteiger partial charge in [0.15, 0.2) is 5.13 Å². The van der Waals surface area contributed by atoms with Gasteiger partial charge in [-0.3, -0.25) is 9.69 Å². The van der Waals surface area contributed by atoms with Crippen LogP contribution in [0, 0.1) is 5.92 Å². The first-order valence-corrected chi connectivity index (χ1v) is 10.1. The first-order valence-electron chi connectivity index (χ1n) is 9.30. The number of amides is 1. The van der Waals surface area contributed by atoms with Crippen LogP contribution in [0.5, 0.6) is 0 Å². The smallest absolute Gasteiger partial charge is 0.222 e. The Morgan fingerprint density at radius 2 is 1.96 bits per heavy atom. The van der Waals surface area contributed by atoms with Crippen molar-refractivity contribution in [3.05, 3.63) is 10.6 Å². The number of hydrogen-bond acceptors (Lipinski definition) is 5. The van der Waals surface area contributed by atoms with Crippen LogP contribution >= 0.6 is 11.3 Å². The summed E-state index contributed by atoms with van der Waals surface area (Å²) in [5, 5.41) is 1.16. The number of carbonyl (C=O) groups is 1. The van der Waals surface area contributed by atoms with Gasteiger partial charge >= 0.3 is 0 Å². The van der Waals surface area contributed by atoms with Crippen LogP contribution < -0.4 is 4.90 Å². The summed E-state index contributed by atoms with van der Waals surface area (Å²) in [6.45, 7) is 13.7. The summed E-state index contributed by atoms with van der Waals surface area (Å²) in [6.07, 6.45) is 2.79. The highest BCUT2D eigenvalue weighted by Crippen LogP contribution is 2.31. The number of anilines is 1. The number of rotatable bonds is 5. The maximum atomic E-state index is 11.9. The Labute approximate surface area is 149 Å². The van der Waals surface area contributed by atoms with Crippen LogP contribution in [-0.2, 0) is 17.8 Å². The summed E-state index contributed by atoms with van der Waals surface area (Å²) >= 11 is 1.80. The molecule has 5 nitrogen and oxygen atoms in total. The molecule has 0 saturated carbocycles. The zero-order valence-electron chi connectivity index (χ0n) is 15.3. The van der Waals surface area contributed by atoms with Gasteiger partial charge in [0.1, 0.15) is 0 Å². The van der Waals surface area contributed by atoms with Crippen molar-refractivity contribution in [1.82, 2.24) is 14.8 Å². The summed E-state index contributed by atoms with van der Waals surface area (Å²) in [5.74, 6) is 1.04. The van der Waals surface area contributed by atoms with Crippen LogP contribution in [0.25, 0.3) is 0 Å². The average Bonchev–Trinajstić information content (AvgIpc) is 3.02. The third-order valence-corrected chi connectivity index (χ3v) is 6.18. The van der Waals surface area contributed by atoms with Crippen molar-refractivity contribution in [3.63, 3.8) is 0 Å². The minimum absolute atomic E-state index is 0.259. The van der Waals surface area contributed by atoms with Gasteiger partial charge in [0.05, 0.1) is 12.2 Å². The van der Waals surface area contributed by atoms with Crippen LogP contribution in [0.2, 0.25) is 0 Å². The van der Waals surface area contributed by atoms with Gasteiger partial charge in [-0.05, 0) is 18.9 Å². The van der Waals surface area contributed by atoms with E-state index in [2.05, 4.69) is 23.6 Å². The van der Waals surface area contributed by atoms with Crippen molar-refractivity contribution in [2.24, 2.45) is 5.92 Å². The maximum Gasteiger partial charge on any atom is 0.222 e. The highest BCUT2D eigenvalue weighted by molar-refractivity contribution is 7.15. The van der Waals surface area contributed by atoms with Crippen molar-refractivity contribution in [2.75, 3.05) is 44.2 Å². The van der Waals surface area contributed by atoms with E-state index in [4.69, 9.17) is 4.98 Å². The lowest BCUT2D eigenvalue weighted by Crippen LogP contribution is -2.46. The normalized spacial score (nSPS) is 19.0. The van der Waals surface area contributed by atoms with E-state index >= 15 is 0 Å². The predicted molar refractivity (Wildman–Crippen MR) is 99.6 cm³/mol. The lowest BCUT2D eigenvalue weighted by atomic mass is 10.1. The molecule has 2 aliphatic heterocycles. The molecule has 1 aromatic rings. The molecule has 134 valence electrons. The fourth-order valence-electron chi connectivity index (χ4n) is 3.36. The first-order chi connectivity index (χ1) is 11.6. The molecule has 3 heterocycles. The Bertz CT molecular complexity index is 563. The SMILES string of the molecule is CCC(=O)N1CCc2nc(N3CCN(CCC(C)C)CC3)sc2C1. The van der Waals surface area contributed by atoms with Gasteiger partial charge in [-0.15, -0.1) is 0 Å². The summed E-state index contributed by atoms with van der Waals surface area (Å²) in [6, 6.07) is 0. The number of aromatic nitrogens is 1. The molecule has 1 fully saturated rings. The summed E-state index contributed by atoms with van der Waals surface area (Å²) in [4.78, 5) is 25.1. The van der Waals surface area contributed by atoms with Crippen molar-refractivity contribution >= 4 is 22.4 Å². The zero-order valence-corrected chi connectivity index (χ0v) is 16.1. The Morgan fingerprint density at radius 1 is 1.21 bits per heavy atom. The van der Waals surface area contributed by atoms with Gasteiger partial charge in [0.2, 0.25) is 5.91 Å². The fraction of sp³-hybridized carbons (Fsp3) is 0.778. The van der Waals surface area contributed by atoms with E-state index in [-0.39, 0.29) is 5.91 Å². The van der Waals surface area contributed by atoms with Gasteiger partial charge < -0.3 is 9.80 Å². The largest absolute Gasteiger partial charge is 0.346 e. The van der Waals surface area contributed by atoms with E-state index < -0.39 is 0 Å². The molecule has 0 atom stereocenters. The number of piperazine rings is 1. The van der Waals surface area contributed by atoms with Gasteiger partial charge in [0.25, 0.3) is 0 Å². The number of thiazole rings is 1. The number of carbonyl (C=O) groups excluding carboxylic acids is 1. The van der Waals surface area contributed by atoms with E-state index in [1.54, 1.807) is 11.3 Å². The van der Waals surface area contributed by atoms with Crippen LogP contribution in [-0.4, -0.2) is 60.0 Å². The number of nitrogens with zero attached hydrogens (tertiary/aromatic N) is 4. The quantitative estimate of drug-likeness (QED) is 0.818.